The summed E-state index contributed by atoms with van der Waals surface area (Å²) in [5.41, 5.74) is -0.317. The van der Waals surface area contributed by atoms with Crippen LogP contribution in [-0.2, 0) is 40.0 Å². The smallest absolute Gasteiger partial charge is 0.416 e. The van der Waals surface area contributed by atoms with Crippen LogP contribution in [0.25, 0.3) is 0 Å². The van der Waals surface area contributed by atoms with Crippen molar-refractivity contribution in [3.63, 3.8) is 0 Å². The summed E-state index contributed by atoms with van der Waals surface area (Å²) in [5, 5.41) is 12.1. The number of rotatable bonds is 7. The Balaban J connectivity index is 1.53. The fourth-order valence-corrected chi connectivity index (χ4v) is 3.47. The van der Waals surface area contributed by atoms with E-state index in [1.165, 1.54) is 12.1 Å². The monoisotopic (exact) mass is 437 g/mol. The number of carbonyl (C=O) groups is 2. The number of carboxylic acids is 1. The second-order valence-corrected chi connectivity index (χ2v) is 7.38. The topological polar surface area (TPSA) is 84.9 Å². The number of amides is 1. The van der Waals surface area contributed by atoms with E-state index in [1.54, 1.807) is 24.3 Å². The van der Waals surface area contributed by atoms with Gasteiger partial charge in [-0.15, -0.1) is 0 Å². The van der Waals surface area contributed by atoms with Gasteiger partial charge in [0.25, 0.3) is 0 Å². The molecule has 0 spiro atoms. The molecule has 1 aliphatic heterocycles. The zero-order valence-electron chi connectivity index (χ0n) is 16.6. The first-order valence-corrected chi connectivity index (χ1v) is 9.70. The number of hydrogen-bond donors (Lipinski definition) is 2. The number of halogens is 3. The number of ether oxygens (including phenoxy) is 2. The summed E-state index contributed by atoms with van der Waals surface area (Å²) in [6, 6.07) is 11.7. The van der Waals surface area contributed by atoms with Gasteiger partial charge in [-0.05, 0) is 41.7 Å². The Morgan fingerprint density at radius 2 is 1.81 bits per heavy atom. The molecule has 1 amide bonds. The lowest BCUT2D eigenvalue weighted by Gasteiger charge is -2.23. The molecule has 3 rings (SSSR count). The maximum absolute atomic E-state index is 12.7. The highest BCUT2D eigenvalue weighted by molar-refractivity contribution is 5.78. The van der Waals surface area contributed by atoms with E-state index in [1.807, 2.05) is 0 Å². The Labute approximate surface area is 177 Å². The second-order valence-electron chi connectivity index (χ2n) is 7.38. The van der Waals surface area contributed by atoms with Crippen molar-refractivity contribution in [2.45, 2.75) is 44.2 Å². The van der Waals surface area contributed by atoms with Gasteiger partial charge in [-0.2, -0.15) is 13.2 Å². The molecule has 1 heterocycles. The van der Waals surface area contributed by atoms with Crippen LogP contribution in [0.15, 0.2) is 48.5 Å². The summed E-state index contributed by atoms with van der Waals surface area (Å²) in [6.07, 6.45) is -3.90. The van der Waals surface area contributed by atoms with Crippen molar-refractivity contribution >= 4 is 12.1 Å². The molecule has 31 heavy (non-hydrogen) atoms. The number of alkyl halides is 3. The van der Waals surface area contributed by atoms with E-state index in [0.29, 0.717) is 19.4 Å². The molecule has 9 heteroatoms. The molecule has 2 aromatic carbocycles. The second kappa shape index (κ2) is 9.38. The molecular weight excluding hydrogens is 415 g/mol. The molecule has 166 valence electrons. The highest BCUT2D eigenvalue weighted by atomic mass is 19.4. The van der Waals surface area contributed by atoms with Gasteiger partial charge >= 0.3 is 18.2 Å². The van der Waals surface area contributed by atoms with Crippen LogP contribution < -0.4 is 5.32 Å². The number of alkyl carbamates (subject to hydrolysis) is 1. The Morgan fingerprint density at radius 3 is 2.48 bits per heavy atom. The van der Waals surface area contributed by atoms with Crippen LogP contribution in [-0.4, -0.2) is 29.4 Å². The predicted molar refractivity (Wildman–Crippen MR) is 104 cm³/mol. The standard InChI is InChI=1S/C22H22F3NO5/c23-22(24,25)18-7-2-6-17(11-18)14-30-20(29)26-13-16-5-1-4-15(10-16)12-21(19(27)28)8-3-9-31-21/h1-2,4-7,10-11H,3,8-9,12-14H2,(H,26,29)(H,27,28). The summed E-state index contributed by atoms with van der Waals surface area (Å²) >= 11 is 0. The summed E-state index contributed by atoms with van der Waals surface area (Å²) in [5.74, 6) is -0.994. The van der Waals surface area contributed by atoms with Crippen LogP contribution in [0.1, 0.15) is 35.1 Å². The molecule has 1 atom stereocenters. The van der Waals surface area contributed by atoms with Gasteiger partial charge in [0.2, 0.25) is 0 Å². The van der Waals surface area contributed by atoms with E-state index < -0.39 is 29.4 Å². The fraction of sp³-hybridized carbons (Fsp3) is 0.364. The third-order valence-corrected chi connectivity index (χ3v) is 5.04. The zero-order chi connectivity index (χ0) is 22.5. The lowest BCUT2D eigenvalue weighted by Crippen LogP contribution is -2.40. The summed E-state index contributed by atoms with van der Waals surface area (Å²) < 4.78 is 48.7. The normalized spacial score (nSPS) is 18.5. The maximum atomic E-state index is 12.7. The molecule has 0 radical (unpaired) electrons. The van der Waals surface area contributed by atoms with Gasteiger partial charge in [-0.25, -0.2) is 9.59 Å². The van der Waals surface area contributed by atoms with Crippen molar-refractivity contribution < 1.29 is 37.3 Å². The number of carboxylic acid groups (broad SMARTS) is 1. The molecule has 0 aliphatic carbocycles. The van der Waals surface area contributed by atoms with Gasteiger partial charge in [0.1, 0.15) is 6.61 Å². The van der Waals surface area contributed by atoms with Crippen LogP contribution in [0.3, 0.4) is 0 Å². The summed E-state index contributed by atoms with van der Waals surface area (Å²) in [6.45, 7) is 0.232. The van der Waals surface area contributed by atoms with Crippen LogP contribution in [0.5, 0.6) is 0 Å². The summed E-state index contributed by atoms with van der Waals surface area (Å²) in [4.78, 5) is 23.6. The SMILES string of the molecule is O=C(NCc1cccc(CC2(C(=O)O)CCCO2)c1)OCc1cccc(C(F)(F)F)c1. The van der Waals surface area contributed by atoms with Crippen molar-refractivity contribution in [2.24, 2.45) is 0 Å². The van der Waals surface area contributed by atoms with E-state index in [2.05, 4.69) is 5.32 Å². The van der Waals surface area contributed by atoms with Crippen LogP contribution in [0, 0.1) is 0 Å². The minimum atomic E-state index is -4.47. The first kappa shape index (κ1) is 22.6. The van der Waals surface area contributed by atoms with E-state index in [-0.39, 0.29) is 25.1 Å². The van der Waals surface area contributed by atoms with Crippen molar-refractivity contribution in [3.05, 3.63) is 70.8 Å². The maximum Gasteiger partial charge on any atom is 0.416 e. The fourth-order valence-electron chi connectivity index (χ4n) is 3.47. The van der Waals surface area contributed by atoms with Crippen molar-refractivity contribution in [1.29, 1.82) is 0 Å². The van der Waals surface area contributed by atoms with Gasteiger partial charge in [-0.3, -0.25) is 0 Å². The molecule has 2 aromatic rings. The minimum absolute atomic E-state index is 0.121. The third-order valence-electron chi connectivity index (χ3n) is 5.04. The minimum Gasteiger partial charge on any atom is -0.479 e. The molecule has 1 aliphatic rings. The van der Waals surface area contributed by atoms with Crippen molar-refractivity contribution in [1.82, 2.24) is 5.32 Å². The average molecular weight is 437 g/mol. The molecule has 1 unspecified atom stereocenters. The molecule has 2 N–H and O–H groups in total. The molecule has 0 aromatic heterocycles. The molecule has 1 saturated heterocycles. The van der Waals surface area contributed by atoms with Crippen LogP contribution >= 0.6 is 0 Å². The molecule has 0 saturated carbocycles. The average Bonchev–Trinajstić information content (AvgIpc) is 3.20. The zero-order valence-corrected chi connectivity index (χ0v) is 16.6. The molecule has 0 bridgehead atoms. The number of benzene rings is 2. The molecule has 6 nitrogen and oxygen atoms in total. The van der Waals surface area contributed by atoms with Crippen molar-refractivity contribution in [3.8, 4) is 0 Å². The Kier molecular flexibility index (Phi) is 6.84. The van der Waals surface area contributed by atoms with E-state index in [4.69, 9.17) is 9.47 Å². The van der Waals surface area contributed by atoms with E-state index >= 15 is 0 Å². The van der Waals surface area contributed by atoms with Crippen molar-refractivity contribution in [2.75, 3.05) is 6.61 Å². The Hall–Kier alpha value is -3.07. The number of carbonyl (C=O) groups excluding carboxylic acids is 1. The summed E-state index contributed by atoms with van der Waals surface area (Å²) in [7, 11) is 0. The Morgan fingerprint density at radius 1 is 1.10 bits per heavy atom. The third kappa shape index (κ3) is 5.97. The van der Waals surface area contributed by atoms with Gasteiger partial charge in [0.05, 0.1) is 5.56 Å². The first-order valence-electron chi connectivity index (χ1n) is 9.70. The first-order chi connectivity index (χ1) is 14.7. The van der Waals surface area contributed by atoms with Gasteiger partial charge in [0.15, 0.2) is 5.60 Å². The lowest BCUT2D eigenvalue weighted by molar-refractivity contribution is -0.159. The highest BCUT2D eigenvalue weighted by Gasteiger charge is 2.42. The van der Waals surface area contributed by atoms with E-state index in [0.717, 1.165) is 23.3 Å². The number of nitrogens with one attached hydrogen (secondary N) is 1. The highest BCUT2D eigenvalue weighted by Crippen LogP contribution is 2.31. The number of hydrogen-bond acceptors (Lipinski definition) is 4. The van der Waals surface area contributed by atoms with E-state index in [9.17, 15) is 27.9 Å². The van der Waals surface area contributed by atoms with Gasteiger partial charge in [0, 0.05) is 19.6 Å². The largest absolute Gasteiger partial charge is 0.479 e. The van der Waals surface area contributed by atoms with Crippen LogP contribution in [0.2, 0.25) is 0 Å². The van der Waals surface area contributed by atoms with Crippen LogP contribution in [0.4, 0.5) is 18.0 Å². The lowest BCUT2D eigenvalue weighted by atomic mass is 9.91. The molecule has 1 fully saturated rings. The van der Waals surface area contributed by atoms with Gasteiger partial charge in [-0.1, -0.05) is 36.4 Å². The number of aliphatic carboxylic acids is 1. The Bertz CT molecular complexity index is 939. The van der Waals surface area contributed by atoms with Gasteiger partial charge < -0.3 is 19.9 Å². The molecular formula is C22H22F3NO5. The predicted octanol–water partition coefficient (Wildman–Crippen LogP) is 4.31. The quantitative estimate of drug-likeness (QED) is 0.675.